The second-order valence-corrected chi connectivity index (χ2v) is 6.54. The van der Waals surface area contributed by atoms with Crippen LogP contribution in [0.1, 0.15) is 11.1 Å². The fourth-order valence-corrected chi connectivity index (χ4v) is 3.89. The van der Waals surface area contributed by atoms with Crippen LogP contribution in [0.25, 0.3) is 10.9 Å². The molecular weight excluding hydrogens is 294 g/mol. The van der Waals surface area contributed by atoms with Crippen molar-refractivity contribution >= 4 is 34.2 Å². The van der Waals surface area contributed by atoms with Gasteiger partial charge in [0.1, 0.15) is 17.9 Å². The lowest BCUT2D eigenvalue weighted by molar-refractivity contribution is 0.477. The van der Waals surface area contributed by atoms with E-state index in [9.17, 15) is 5.11 Å². The molecule has 2 heterocycles. The average Bonchev–Trinajstić information content (AvgIpc) is 2.99. The number of fused-ring (bicyclic) bond motifs is 3. The Morgan fingerprint density at radius 1 is 1.18 bits per heavy atom. The number of aryl methyl sites for hydroxylation is 2. The van der Waals surface area contributed by atoms with Gasteiger partial charge in [-0.05, 0) is 48.7 Å². The van der Waals surface area contributed by atoms with Crippen LogP contribution in [0.2, 0.25) is 0 Å². The van der Waals surface area contributed by atoms with E-state index in [-0.39, 0.29) is 5.75 Å². The molecule has 5 heteroatoms. The normalized spacial score (nSPS) is 13.3. The number of hydrogen-bond acceptors (Lipinski definition) is 5. The van der Waals surface area contributed by atoms with Crippen molar-refractivity contribution in [1.29, 1.82) is 0 Å². The Morgan fingerprint density at radius 3 is 3.00 bits per heavy atom. The maximum absolute atomic E-state index is 10.1. The first-order chi connectivity index (χ1) is 10.7. The minimum absolute atomic E-state index is 0.222. The Labute approximate surface area is 132 Å². The number of benzene rings is 2. The highest BCUT2D eigenvalue weighted by molar-refractivity contribution is 7.99. The van der Waals surface area contributed by atoms with Gasteiger partial charge in [0, 0.05) is 16.0 Å². The maximum atomic E-state index is 10.1. The second kappa shape index (κ2) is 5.18. The molecule has 22 heavy (non-hydrogen) atoms. The number of phenolic OH excluding ortho intramolecular Hbond substituents is 1. The summed E-state index contributed by atoms with van der Waals surface area (Å²) in [6.07, 6.45) is 2.59. The van der Waals surface area contributed by atoms with Gasteiger partial charge in [0.15, 0.2) is 0 Å². The number of hydrogen-bond donors (Lipinski definition) is 2. The van der Waals surface area contributed by atoms with E-state index in [4.69, 9.17) is 0 Å². The lowest BCUT2D eigenvalue weighted by Crippen LogP contribution is -1.99. The molecule has 0 spiro atoms. The number of aromatic hydroxyl groups is 1. The van der Waals surface area contributed by atoms with Crippen LogP contribution >= 0.6 is 11.8 Å². The Hall–Kier alpha value is -2.27. The van der Waals surface area contributed by atoms with Crippen LogP contribution < -0.4 is 5.32 Å². The van der Waals surface area contributed by atoms with Gasteiger partial charge in [-0.1, -0.05) is 6.07 Å². The Morgan fingerprint density at radius 2 is 2.09 bits per heavy atom. The van der Waals surface area contributed by atoms with Crippen molar-refractivity contribution in [2.45, 2.75) is 18.2 Å². The van der Waals surface area contributed by atoms with Gasteiger partial charge in [0.25, 0.3) is 0 Å². The fraction of sp³-hybridized carbons (Fsp3) is 0.176. The number of thioether (sulfide) groups is 1. The molecule has 0 unspecified atom stereocenters. The molecule has 3 aromatic rings. The zero-order valence-corrected chi connectivity index (χ0v) is 12.9. The molecule has 0 fully saturated rings. The second-order valence-electron chi connectivity index (χ2n) is 5.40. The summed E-state index contributed by atoms with van der Waals surface area (Å²) in [5, 5.41) is 14.4. The molecular formula is C17H15N3OS. The summed E-state index contributed by atoms with van der Waals surface area (Å²) in [4.78, 5) is 10.1. The molecule has 2 aromatic carbocycles. The van der Waals surface area contributed by atoms with Crippen LogP contribution in [0.3, 0.4) is 0 Å². The molecule has 1 aromatic heterocycles. The number of nitrogens with zero attached hydrogens (tertiary/aromatic N) is 2. The zero-order valence-electron chi connectivity index (χ0n) is 12.1. The fourth-order valence-electron chi connectivity index (χ4n) is 2.82. The van der Waals surface area contributed by atoms with Crippen molar-refractivity contribution in [3.8, 4) is 5.75 Å². The highest BCUT2D eigenvalue weighted by atomic mass is 32.2. The molecule has 4 nitrogen and oxygen atoms in total. The van der Waals surface area contributed by atoms with Gasteiger partial charge >= 0.3 is 0 Å². The topological polar surface area (TPSA) is 58.0 Å². The monoisotopic (exact) mass is 309 g/mol. The molecule has 0 atom stereocenters. The number of rotatable bonds is 2. The van der Waals surface area contributed by atoms with Crippen molar-refractivity contribution in [3.05, 3.63) is 47.8 Å². The third-order valence-electron chi connectivity index (χ3n) is 3.88. The van der Waals surface area contributed by atoms with Gasteiger partial charge in [-0.15, -0.1) is 11.8 Å². The Bertz CT molecular complexity index is 879. The van der Waals surface area contributed by atoms with E-state index in [0.717, 1.165) is 34.5 Å². The first-order valence-electron chi connectivity index (χ1n) is 7.18. The molecule has 2 N–H and O–H groups in total. The largest absolute Gasteiger partial charge is 0.506 e. The van der Waals surface area contributed by atoms with E-state index in [1.807, 2.05) is 36.9 Å². The summed E-state index contributed by atoms with van der Waals surface area (Å²) in [6.45, 7) is 2.00. The zero-order chi connectivity index (χ0) is 15.1. The quantitative estimate of drug-likeness (QED) is 0.700. The minimum Gasteiger partial charge on any atom is -0.506 e. The van der Waals surface area contributed by atoms with Crippen molar-refractivity contribution in [1.82, 2.24) is 9.97 Å². The maximum Gasteiger partial charge on any atom is 0.142 e. The molecule has 1 aliphatic rings. The van der Waals surface area contributed by atoms with E-state index in [0.29, 0.717) is 5.69 Å². The molecule has 0 saturated carbocycles. The van der Waals surface area contributed by atoms with Crippen LogP contribution in [0.4, 0.5) is 11.5 Å². The van der Waals surface area contributed by atoms with Crippen LogP contribution in [-0.2, 0) is 6.42 Å². The Balaban J connectivity index is 1.88. The highest BCUT2D eigenvalue weighted by Crippen LogP contribution is 2.39. The van der Waals surface area contributed by atoms with E-state index >= 15 is 0 Å². The van der Waals surface area contributed by atoms with Crippen molar-refractivity contribution < 1.29 is 5.11 Å². The van der Waals surface area contributed by atoms with Crippen molar-refractivity contribution in [2.24, 2.45) is 0 Å². The van der Waals surface area contributed by atoms with E-state index < -0.39 is 0 Å². The summed E-state index contributed by atoms with van der Waals surface area (Å²) in [5.41, 5.74) is 3.99. The Kier molecular flexibility index (Phi) is 3.15. The van der Waals surface area contributed by atoms with Gasteiger partial charge in [-0.3, -0.25) is 0 Å². The average molecular weight is 309 g/mol. The van der Waals surface area contributed by atoms with E-state index in [2.05, 4.69) is 21.4 Å². The van der Waals surface area contributed by atoms with Gasteiger partial charge in [0.05, 0.1) is 11.2 Å². The smallest absolute Gasteiger partial charge is 0.142 e. The number of nitrogens with one attached hydrogen (secondary N) is 1. The molecule has 110 valence electrons. The molecule has 0 saturated heterocycles. The first kappa shape index (κ1) is 13.4. The first-order valence-corrected chi connectivity index (χ1v) is 8.17. The molecule has 4 rings (SSSR count). The molecule has 0 aliphatic carbocycles. The van der Waals surface area contributed by atoms with Gasteiger partial charge in [-0.25, -0.2) is 9.97 Å². The third-order valence-corrected chi connectivity index (χ3v) is 4.98. The van der Waals surface area contributed by atoms with Crippen molar-refractivity contribution in [3.63, 3.8) is 0 Å². The standard InChI is InChI=1S/C17H15N3OS/c1-10-2-4-14(21)13(8-10)20-17-16-11-6-7-22-15(11)5-3-12(16)18-9-19-17/h2-5,8-9,21H,6-7H2,1H3,(H,18,19,20). The number of anilines is 2. The van der Waals surface area contributed by atoms with Crippen LogP contribution in [0, 0.1) is 6.92 Å². The molecule has 0 amide bonds. The van der Waals surface area contributed by atoms with Crippen molar-refractivity contribution in [2.75, 3.05) is 11.1 Å². The predicted octanol–water partition coefficient (Wildman–Crippen LogP) is 4.04. The lowest BCUT2D eigenvalue weighted by Gasteiger charge is -2.12. The highest BCUT2D eigenvalue weighted by Gasteiger charge is 2.18. The number of phenols is 1. The molecule has 1 aliphatic heterocycles. The van der Waals surface area contributed by atoms with Crippen LogP contribution in [0.15, 0.2) is 41.6 Å². The SMILES string of the molecule is Cc1ccc(O)c(Nc2ncnc3ccc4c(c23)CCS4)c1. The van der Waals surface area contributed by atoms with Gasteiger partial charge < -0.3 is 10.4 Å². The summed E-state index contributed by atoms with van der Waals surface area (Å²) in [6, 6.07) is 9.67. The lowest BCUT2D eigenvalue weighted by atomic mass is 10.1. The summed E-state index contributed by atoms with van der Waals surface area (Å²) < 4.78 is 0. The number of aromatic nitrogens is 2. The van der Waals surface area contributed by atoms with Gasteiger partial charge in [0.2, 0.25) is 0 Å². The summed E-state index contributed by atoms with van der Waals surface area (Å²) in [5.74, 6) is 2.07. The summed E-state index contributed by atoms with van der Waals surface area (Å²) in [7, 11) is 0. The van der Waals surface area contributed by atoms with Crippen LogP contribution in [0.5, 0.6) is 5.75 Å². The predicted molar refractivity (Wildman–Crippen MR) is 90.1 cm³/mol. The summed E-state index contributed by atoms with van der Waals surface area (Å²) >= 11 is 1.87. The molecule has 0 bridgehead atoms. The third kappa shape index (κ3) is 2.18. The van der Waals surface area contributed by atoms with Crippen LogP contribution in [-0.4, -0.2) is 20.8 Å². The minimum atomic E-state index is 0.222. The van der Waals surface area contributed by atoms with E-state index in [1.54, 1.807) is 12.4 Å². The van der Waals surface area contributed by atoms with Gasteiger partial charge in [-0.2, -0.15) is 0 Å². The molecule has 0 radical (unpaired) electrons. The van der Waals surface area contributed by atoms with E-state index in [1.165, 1.54) is 10.5 Å².